The van der Waals surface area contributed by atoms with Gasteiger partial charge in [-0.15, -0.1) is 0 Å². The average Bonchev–Trinajstić information content (AvgIpc) is 3.00. The highest BCUT2D eigenvalue weighted by molar-refractivity contribution is 6.01. The molecule has 0 bridgehead atoms. The molecule has 4 nitrogen and oxygen atoms in total. The Labute approximate surface area is 130 Å². The molecule has 0 amide bonds. The number of hydrogen-bond donors (Lipinski definition) is 1. The van der Waals surface area contributed by atoms with Crippen LogP contribution in [0.5, 0.6) is 0 Å². The first-order valence-electron chi connectivity index (χ1n) is 7.95. The average molecular weight is 292 g/mol. The number of fused-ring (bicyclic) bond motifs is 1. The molecule has 0 aliphatic carbocycles. The van der Waals surface area contributed by atoms with E-state index in [1.807, 2.05) is 12.3 Å². The van der Waals surface area contributed by atoms with E-state index >= 15 is 0 Å². The molecule has 3 aromatic rings. The number of aromatic nitrogens is 3. The number of nitrogens with one attached hydrogen (secondary N) is 1. The van der Waals surface area contributed by atoms with Crippen molar-refractivity contribution in [3.8, 4) is 11.1 Å². The monoisotopic (exact) mass is 292 g/mol. The van der Waals surface area contributed by atoms with Gasteiger partial charge in [-0.25, -0.2) is 9.97 Å². The predicted octanol–water partition coefficient (Wildman–Crippen LogP) is 3.86. The molecule has 0 radical (unpaired) electrons. The van der Waals surface area contributed by atoms with Crippen molar-refractivity contribution in [1.82, 2.24) is 15.0 Å². The third-order valence-electron chi connectivity index (χ3n) is 4.49. The second-order valence-electron chi connectivity index (χ2n) is 6.18. The molecule has 22 heavy (non-hydrogen) atoms. The van der Waals surface area contributed by atoms with Crippen LogP contribution in [0.1, 0.15) is 19.8 Å². The van der Waals surface area contributed by atoms with E-state index in [9.17, 15) is 0 Å². The van der Waals surface area contributed by atoms with Crippen LogP contribution >= 0.6 is 0 Å². The smallest absolute Gasteiger partial charge is 0.143 e. The molecular weight excluding hydrogens is 272 g/mol. The van der Waals surface area contributed by atoms with Crippen LogP contribution in [0.15, 0.2) is 42.9 Å². The van der Waals surface area contributed by atoms with Gasteiger partial charge < -0.3 is 9.88 Å². The standard InChI is InChI=1S/C18H20N4/c1-13-6-5-9-22(11-13)18-16-15(14-7-3-2-4-8-14)10-19-17(16)20-12-21-18/h2-4,7-8,10,12-13H,5-6,9,11H2,1H3,(H,19,20,21). The van der Waals surface area contributed by atoms with Crippen LogP contribution in [0, 0.1) is 5.92 Å². The van der Waals surface area contributed by atoms with Gasteiger partial charge >= 0.3 is 0 Å². The molecule has 0 saturated carbocycles. The summed E-state index contributed by atoms with van der Waals surface area (Å²) in [5.41, 5.74) is 3.31. The van der Waals surface area contributed by atoms with Gasteiger partial charge in [0.05, 0.1) is 5.39 Å². The fraction of sp³-hybridized carbons (Fsp3) is 0.333. The first-order valence-corrected chi connectivity index (χ1v) is 7.95. The van der Waals surface area contributed by atoms with Crippen LogP contribution in [-0.2, 0) is 0 Å². The number of nitrogens with zero attached hydrogens (tertiary/aromatic N) is 3. The summed E-state index contributed by atoms with van der Waals surface area (Å²) in [6.45, 7) is 4.47. The largest absolute Gasteiger partial charge is 0.356 e. The molecule has 3 heterocycles. The topological polar surface area (TPSA) is 44.8 Å². The fourth-order valence-electron chi connectivity index (χ4n) is 3.41. The van der Waals surface area contributed by atoms with Crippen LogP contribution in [0.4, 0.5) is 5.82 Å². The molecule has 1 aliphatic rings. The summed E-state index contributed by atoms with van der Waals surface area (Å²) in [5, 5.41) is 1.14. The van der Waals surface area contributed by atoms with Crippen molar-refractivity contribution in [1.29, 1.82) is 0 Å². The first-order chi connectivity index (χ1) is 10.8. The van der Waals surface area contributed by atoms with E-state index in [2.05, 4.69) is 51.0 Å². The zero-order valence-corrected chi connectivity index (χ0v) is 12.8. The molecule has 1 saturated heterocycles. The minimum Gasteiger partial charge on any atom is -0.356 e. The van der Waals surface area contributed by atoms with Crippen LogP contribution in [-0.4, -0.2) is 28.0 Å². The third kappa shape index (κ3) is 2.25. The van der Waals surface area contributed by atoms with E-state index < -0.39 is 0 Å². The van der Waals surface area contributed by atoms with Gasteiger partial charge in [0, 0.05) is 24.8 Å². The van der Waals surface area contributed by atoms with Crippen molar-refractivity contribution in [2.75, 3.05) is 18.0 Å². The number of rotatable bonds is 2. The van der Waals surface area contributed by atoms with E-state index in [0.29, 0.717) is 0 Å². The highest BCUT2D eigenvalue weighted by atomic mass is 15.2. The van der Waals surface area contributed by atoms with E-state index in [4.69, 9.17) is 0 Å². The maximum Gasteiger partial charge on any atom is 0.143 e. The molecule has 0 spiro atoms. The van der Waals surface area contributed by atoms with Gasteiger partial charge in [-0.1, -0.05) is 37.3 Å². The lowest BCUT2D eigenvalue weighted by atomic mass is 9.99. The molecular formula is C18H20N4. The van der Waals surface area contributed by atoms with Crippen molar-refractivity contribution in [2.24, 2.45) is 5.92 Å². The molecule has 1 unspecified atom stereocenters. The number of benzene rings is 1. The zero-order chi connectivity index (χ0) is 14.9. The van der Waals surface area contributed by atoms with Crippen LogP contribution in [0.25, 0.3) is 22.2 Å². The molecule has 2 aromatic heterocycles. The van der Waals surface area contributed by atoms with Gasteiger partial charge in [-0.3, -0.25) is 0 Å². The molecule has 4 heteroatoms. The third-order valence-corrected chi connectivity index (χ3v) is 4.49. The van der Waals surface area contributed by atoms with E-state index in [1.54, 1.807) is 6.33 Å². The minimum atomic E-state index is 0.720. The number of piperidine rings is 1. The Bertz CT molecular complexity index is 778. The van der Waals surface area contributed by atoms with Gasteiger partial charge in [-0.2, -0.15) is 0 Å². The van der Waals surface area contributed by atoms with Crippen LogP contribution in [0.3, 0.4) is 0 Å². The highest BCUT2D eigenvalue weighted by Gasteiger charge is 2.22. The molecule has 1 atom stereocenters. The Balaban J connectivity index is 1.86. The molecule has 1 aromatic carbocycles. The second kappa shape index (κ2) is 5.44. The minimum absolute atomic E-state index is 0.720. The van der Waals surface area contributed by atoms with Crippen LogP contribution in [0.2, 0.25) is 0 Å². The maximum atomic E-state index is 4.62. The predicted molar refractivity (Wildman–Crippen MR) is 89.9 cm³/mol. The van der Waals surface area contributed by atoms with Crippen molar-refractivity contribution >= 4 is 16.9 Å². The molecule has 4 rings (SSSR count). The summed E-state index contributed by atoms with van der Waals surface area (Å²) in [5.74, 6) is 1.79. The van der Waals surface area contributed by atoms with Crippen molar-refractivity contribution in [3.05, 3.63) is 42.9 Å². The second-order valence-corrected chi connectivity index (χ2v) is 6.18. The summed E-state index contributed by atoms with van der Waals surface area (Å²) in [6.07, 6.45) is 6.26. The molecule has 112 valence electrons. The lowest BCUT2D eigenvalue weighted by Gasteiger charge is -2.32. The fourth-order valence-corrected chi connectivity index (χ4v) is 3.41. The molecule has 1 aliphatic heterocycles. The van der Waals surface area contributed by atoms with Gasteiger partial charge in [0.25, 0.3) is 0 Å². The van der Waals surface area contributed by atoms with Crippen LogP contribution < -0.4 is 4.90 Å². The number of anilines is 1. The number of H-pyrrole nitrogens is 1. The maximum absolute atomic E-state index is 4.62. The Morgan fingerprint density at radius 3 is 2.86 bits per heavy atom. The quantitative estimate of drug-likeness (QED) is 0.780. The lowest BCUT2D eigenvalue weighted by molar-refractivity contribution is 0.445. The number of hydrogen-bond acceptors (Lipinski definition) is 3. The van der Waals surface area contributed by atoms with Crippen molar-refractivity contribution in [3.63, 3.8) is 0 Å². The van der Waals surface area contributed by atoms with Gasteiger partial charge in [0.1, 0.15) is 17.8 Å². The normalized spacial score (nSPS) is 18.8. The molecule has 1 fully saturated rings. The molecule has 1 N–H and O–H groups in total. The Hall–Kier alpha value is -2.36. The summed E-state index contributed by atoms with van der Waals surface area (Å²) in [6, 6.07) is 10.5. The lowest BCUT2D eigenvalue weighted by Crippen LogP contribution is -2.35. The van der Waals surface area contributed by atoms with Crippen molar-refractivity contribution < 1.29 is 0 Å². The van der Waals surface area contributed by atoms with E-state index in [1.165, 1.54) is 24.0 Å². The van der Waals surface area contributed by atoms with E-state index in [-0.39, 0.29) is 0 Å². The Morgan fingerprint density at radius 1 is 1.18 bits per heavy atom. The Morgan fingerprint density at radius 2 is 2.05 bits per heavy atom. The Kier molecular flexibility index (Phi) is 3.29. The van der Waals surface area contributed by atoms with Crippen molar-refractivity contribution in [2.45, 2.75) is 19.8 Å². The summed E-state index contributed by atoms with van der Waals surface area (Å²) >= 11 is 0. The van der Waals surface area contributed by atoms with Gasteiger partial charge in [0.15, 0.2) is 0 Å². The highest BCUT2D eigenvalue weighted by Crippen LogP contribution is 2.34. The SMILES string of the molecule is CC1CCCN(c2ncnc3[nH]cc(-c4ccccc4)c23)C1. The first kappa shape index (κ1) is 13.3. The zero-order valence-electron chi connectivity index (χ0n) is 12.8. The number of aromatic amines is 1. The van der Waals surface area contributed by atoms with E-state index in [0.717, 1.165) is 35.9 Å². The van der Waals surface area contributed by atoms with Gasteiger partial charge in [-0.05, 0) is 24.3 Å². The summed E-state index contributed by atoms with van der Waals surface area (Å²) in [4.78, 5) is 14.7. The summed E-state index contributed by atoms with van der Waals surface area (Å²) < 4.78 is 0. The summed E-state index contributed by atoms with van der Waals surface area (Å²) in [7, 11) is 0. The van der Waals surface area contributed by atoms with Gasteiger partial charge in [0.2, 0.25) is 0 Å².